The molecule has 0 saturated heterocycles. The van der Waals surface area contributed by atoms with E-state index in [4.69, 9.17) is 9.47 Å². The second kappa shape index (κ2) is 12.9. The molecule has 198 valence electrons. The number of hydrogen-bond donors (Lipinski definition) is 2. The SMILES string of the molecule is CCCOC1(C)CCC(CNc2ccc(SCc3ccc(OC)cc3)cc2NC(=O)C(C)(C)C)CC1. The average Bonchev–Trinajstić information content (AvgIpc) is 2.86. The topological polar surface area (TPSA) is 59.6 Å². The van der Waals surface area contributed by atoms with Crippen LogP contribution in [0.4, 0.5) is 11.4 Å². The Morgan fingerprint density at radius 3 is 2.39 bits per heavy atom. The van der Waals surface area contributed by atoms with Crippen molar-refractivity contribution >= 4 is 29.0 Å². The minimum atomic E-state index is -0.462. The molecule has 1 fully saturated rings. The summed E-state index contributed by atoms with van der Waals surface area (Å²) in [5, 5.41) is 6.82. The zero-order valence-corrected chi connectivity index (χ0v) is 23.7. The molecule has 0 aliphatic heterocycles. The zero-order chi connectivity index (χ0) is 26.2. The van der Waals surface area contributed by atoms with Crippen molar-refractivity contribution in [2.24, 2.45) is 11.3 Å². The first-order chi connectivity index (χ1) is 17.1. The van der Waals surface area contributed by atoms with E-state index in [2.05, 4.69) is 54.8 Å². The molecule has 0 aromatic heterocycles. The van der Waals surface area contributed by atoms with Gasteiger partial charge in [0, 0.05) is 29.2 Å². The van der Waals surface area contributed by atoms with Gasteiger partial charge in [-0.3, -0.25) is 4.79 Å². The number of hydrogen-bond acceptors (Lipinski definition) is 5. The summed E-state index contributed by atoms with van der Waals surface area (Å²) in [6.07, 6.45) is 5.60. The fraction of sp³-hybridized carbons (Fsp3) is 0.567. The zero-order valence-electron chi connectivity index (χ0n) is 22.9. The molecule has 0 atom stereocenters. The summed E-state index contributed by atoms with van der Waals surface area (Å²) in [7, 11) is 1.68. The first-order valence-corrected chi connectivity index (χ1v) is 14.2. The van der Waals surface area contributed by atoms with Crippen LogP contribution in [-0.2, 0) is 15.3 Å². The van der Waals surface area contributed by atoms with E-state index in [-0.39, 0.29) is 11.5 Å². The van der Waals surface area contributed by atoms with Crippen LogP contribution < -0.4 is 15.4 Å². The maximum atomic E-state index is 12.8. The number of methoxy groups -OCH3 is 1. The summed E-state index contributed by atoms with van der Waals surface area (Å²) >= 11 is 1.76. The van der Waals surface area contributed by atoms with E-state index in [1.165, 1.54) is 5.56 Å². The van der Waals surface area contributed by atoms with E-state index >= 15 is 0 Å². The van der Waals surface area contributed by atoms with Crippen LogP contribution in [-0.4, -0.2) is 31.8 Å². The Kier molecular flexibility index (Phi) is 10.1. The van der Waals surface area contributed by atoms with Gasteiger partial charge in [0.1, 0.15) is 5.75 Å². The number of nitrogens with one attached hydrogen (secondary N) is 2. The smallest absolute Gasteiger partial charge is 0.229 e. The van der Waals surface area contributed by atoms with Gasteiger partial charge in [-0.15, -0.1) is 11.8 Å². The lowest BCUT2D eigenvalue weighted by molar-refractivity contribution is -0.123. The molecule has 2 aromatic rings. The quantitative estimate of drug-likeness (QED) is 0.301. The number of carbonyl (C=O) groups excluding carboxylic acids is 1. The fourth-order valence-electron chi connectivity index (χ4n) is 4.31. The third-order valence-corrected chi connectivity index (χ3v) is 7.95. The van der Waals surface area contributed by atoms with E-state index in [1.807, 2.05) is 32.9 Å². The number of carbonyl (C=O) groups is 1. The van der Waals surface area contributed by atoms with Crippen molar-refractivity contribution in [3.8, 4) is 5.75 Å². The van der Waals surface area contributed by atoms with Crippen LogP contribution in [0.5, 0.6) is 5.75 Å². The predicted molar refractivity (Wildman–Crippen MR) is 152 cm³/mol. The lowest BCUT2D eigenvalue weighted by atomic mass is 9.79. The van der Waals surface area contributed by atoms with Crippen LogP contribution >= 0.6 is 11.8 Å². The largest absolute Gasteiger partial charge is 0.497 e. The van der Waals surface area contributed by atoms with Crippen molar-refractivity contribution in [1.29, 1.82) is 0 Å². The number of benzene rings is 2. The Morgan fingerprint density at radius 2 is 1.78 bits per heavy atom. The van der Waals surface area contributed by atoms with E-state index < -0.39 is 5.41 Å². The lowest BCUT2D eigenvalue weighted by Gasteiger charge is -2.37. The number of thioether (sulfide) groups is 1. The van der Waals surface area contributed by atoms with Crippen molar-refractivity contribution in [2.75, 3.05) is 30.9 Å². The maximum absolute atomic E-state index is 12.8. The van der Waals surface area contributed by atoms with Crippen LogP contribution in [0.15, 0.2) is 47.4 Å². The predicted octanol–water partition coefficient (Wildman–Crippen LogP) is 7.76. The van der Waals surface area contributed by atoms with Crippen LogP contribution in [0.3, 0.4) is 0 Å². The molecule has 5 nitrogen and oxygen atoms in total. The summed E-state index contributed by atoms with van der Waals surface area (Å²) < 4.78 is 11.4. The molecular formula is C30H44N2O3S. The van der Waals surface area contributed by atoms with E-state index in [0.29, 0.717) is 5.92 Å². The molecule has 2 aromatic carbocycles. The summed E-state index contributed by atoms with van der Waals surface area (Å²) in [5.41, 5.74) is 2.63. The molecular weight excluding hydrogens is 468 g/mol. The van der Waals surface area contributed by atoms with Crippen LogP contribution in [0.25, 0.3) is 0 Å². The number of anilines is 2. The third-order valence-electron chi connectivity index (χ3n) is 6.88. The van der Waals surface area contributed by atoms with Crippen LogP contribution in [0, 0.1) is 11.3 Å². The summed E-state index contributed by atoms with van der Waals surface area (Å²) in [6, 6.07) is 14.5. The van der Waals surface area contributed by atoms with E-state index in [0.717, 1.165) is 73.0 Å². The van der Waals surface area contributed by atoms with E-state index in [1.54, 1.807) is 18.9 Å². The van der Waals surface area contributed by atoms with Gasteiger partial charge in [-0.05, 0) is 80.8 Å². The van der Waals surface area contributed by atoms with Crippen molar-refractivity contribution in [1.82, 2.24) is 0 Å². The Balaban J connectivity index is 1.65. The molecule has 0 radical (unpaired) electrons. The first kappa shape index (κ1) is 28.4. The molecule has 1 aliphatic rings. The van der Waals surface area contributed by atoms with Gasteiger partial charge < -0.3 is 20.1 Å². The van der Waals surface area contributed by atoms with Crippen molar-refractivity contribution in [3.63, 3.8) is 0 Å². The molecule has 1 saturated carbocycles. The summed E-state index contributed by atoms with van der Waals surface area (Å²) in [6.45, 7) is 12.0. The van der Waals surface area contributed by atoms with Gasteiger partial charge in [-0.1, -0.05) is 39.8 Å². The molecule has 0 unspecified atom stereocenters. The summed E-state index contributed by atoms with van der Waals surface area (Å²) in [4.78, 5) is 14.0. The average molecular weight is 513 g/mol. The van der Waals surface area contributed by atoms with Gasteiger partial charge in [0.2, 0.25) is 5.91 Å². The highest BCUT2D eigenvalue weighted by Crippen LogP contribution is 2.36. The Bertz CT molecular complexity index is 977. The van der Waals surface area contributed by atoms with Crippen molar-refractivity contribution in [3.05, 3.63) is 48.0 Å². The molecule has 3 rings (SSSR count). The number of ether oxygens (including phenoxy) is 2. The Morgan fingerprint density at radius 1 is 1.08 bits per heavy atom. The summed E-state index contributed by atoms with van der Waals surface area (Å²) in [5.74, 6) is 2.34. The van der Waals surface area contributed by atoms with Crippen molar-refractivity contribution < 1.29 is 14.3 Å². The lowest BCUT2D eigenvalue weighted by Crippen LogP contribution is -2.36. The number of rotatable bonds is 11. The minimum Gasteiger partial charge on any atom is -0.497 e. The minimum absolute atomic E-state index is 0.0179. The first-order valence-electron chi connectivity index (χ1n) is 13.2. The van der Waals surface area contributed by atoms with E-state index in [9.17, 15) is 4.79 Å². The molecule has 6 heteroatoms. The highest BCUT2D eigenvalue weighted by Gasteiger charge is 2.31. The van der Waals surface area contributed by atoms with Gasteiger partial charge in [0.05, 0.1) is 24.1 Å². The molecule has 36 heavy (non-hydrogen) atoms. The second-order valence-electron chi connectivity index (χ2n) is 11.2. The molecule has 1 aliphatic carbocycles. The Hall–Kier alpha value is -2.18. The third kappa shape index (κ3) is 8.45. The molecule has 1 amide bonds. The van der Waals surface area contributed by atoms with Gasteiger partial charge in [-0.2, -0.15) is 0 Å². The maximum Gasteiger partial charge on any atom is 0.229 e. The monoisotopic (exact) mass is 512 g/mol. The van der Waals surface area contributed by atoms with Gasteiger partial charge in [0.15, 0.2) is 0 Å². The highest BCUT2D eigenvalue weighted by molar-refractivity contribution is 7.98. The molecule has 0 heterocycles. The van der Waals surface area contributed by atoms with Crippen LogP contribution in [0.1, 0.15) is 72.3 Å². The Labute approximate surface area is 222 Å². The van der Waals surface area contributed by atoms with Crippen molar-refractivity contribution in [2.45, 2.75) is 83.0 Å². The normalized spacial score (nSPS) is 20.1. The van der Waals surface area contributed by atoms with Gasteiger partial charge in [-0.25, -0.2) is 0 Å². The highest BCUT2D eigenvalue weighted by atomic mass is 32.2. The number of amides is 1. The van der Waals surface area contributed by atoms with Crippen LogP contribution in [0.2, 0.25) is 0 Å². The second-order valence-corrected chi connectivity index (χ2v) is 12.2. The fourth-order valence-corrected chi connectivity index (χ4v) is 5.20. The molecule has 0 bridgehead atoms. The molecule has 2 N–H and O–H groups in total. The van der Waals surface area contributed by atoms with Gasteiger partial charge >= 0.3 is 0 Å². The standard InChI is InChI=1S/C30H44N2O3S/c1-7-18-35-30(5)16-14-22(15-17-30)20-31-26-13-12-25(19-27(26)32-28(33)29(2,3)4)36-21-23-8-10-24(34-6)11-9-23/h8-13,19,22,31H,7,14-18,20-21H2,1-6H3,(H,32,33). The van der Waals surface area contributed by atoms with Gasteiger partial charge in [0.25, 0.3) is 0 Å². The molecule has 0 spiro atoms.